The van der Waals surface area contributed by atoms with Crippen molar-refractivity contribution in [3.63, 3.8) is 0 Å². The fourth-order valence-electron chi connectivity index (χ4n) is 2.75. The number of piperidine rings is 1. The molecule has 0 aromatic heterocycles. The number of likely N-dealkylation sites (tertiary alicyclic amines) is 1. The quantitative estimate of drug-likeness (QED) is 0.679. The Morgan fingerprint density at radius 2 is 1.44 bits per heavy atom. The molecule has 158 valence electrons. The van der Waals surface area contributed by atoms with Crippen LogP contribution in [0.3, 0.4) is 0 Å². The standard InChI is InChI=1S/C12H23N3O4S.C5H10O2/c1-11(2,3)19-10(16)14-8-12(9-14)4-6-15(7-5-12)20(13,17)18;1-5(2,3)4(6)7/h4-9H2,1-3H3,(H2,13,17,18);1-3H3,(H,6,7). The van der Waals surface area contributed by atoms with E-state index in [4.69, 9.17) is 15.0 Å². The third kappa shape index (κ3) is 7.27. The van der Waals surface area contributed by atoms with E-state index < -0.39 is 27.2 Å². The summed E-state index contributed by atoms with van der Waals surface area (Å²) in [6, 6.07) is 0. The van der Waals surface area contributed by atoms with Crippen LogP contribution in [0.2, 0.25) is 0 Å². The maximum absolute atomic E-state index is 11.9. The SMILES string of the molecule is CC(C)(C)C(=O)O.CC(C)(C)OC(=O)N1CC2(CCN(S(N)(=O)=O)CC2)C1. The number of carbonyl (C=O) groups is 2. The number of hydrogen-bond donors (Lipinski definition) is 2. The number of nitrogens with zero attached hydrogens (tertiary/aromatic N) is 2. The first-order chi connectivity index (χ1) is 12.0. The van der Waals surface area contributed by atoms with Gasteiger partial charge in [0.25, 0.3) is 10.2 Å². The summed E-state index contributed by atoms with van der Waals surface area (Å²) in [5.41, 5.74) is -1.03. The van der Waals surface area contributed by atoms with Crippen LogP contribution in [-0.4, -0.2) is 66.6 Å². The third-order valence-corrected chi connectivity index (χ3v) is 5.57. The van der Waals surface area contributed by atoms with Crippen molar-refractivity contribution in [3.05, 3.63) is 0 Å². The van der Waals surface area contributed by atoms with Crippen LogP contribution in [0.1, 0.15) is 54.4 Å². The van der Waals surface area contributed by atoms with Gasteiger partial charge >= 0.3 is 12.1 Å². The smallest absolute Gasteiger partial charge is 0.410 e. The lowest BCUT2D eigenvalue weighted by Gasteiger charge is -2.53. The monoisotopic (exact) mass is 407 g/mol. The van der Waals surface area contributed by atoms with Crippen molar-refractivity contribution < 1.29 is 27.9 Å². The Morgan fingerprint density at radius 3 is 1.74 bits per heavy atom. The summed E-state index contributed by atoms with van der Waals surface area (Å²) in [4.78, 5) is 23.6. The Kier molecular flexibility index (Phi) is 6.94. The second-order valence-electron chi connectivity index (χ2n) is 9.34. The molecule has 2 aliphatic heterocycles. The predicted molar refractivity (Wildman–Crippen MR) is 101 cm³/mol. The van der Waals surface area contributed by atoms with Crippen LogP contribution in [0.25, 0.3) is 0 Å². The molecule has 0 atom stereocenters. The molecule has 10 heteroatoms. The number of carbonyl (C=O) groups excluding carboxylic acids is 1. The van der Waals surface area contributed by atoms with Crippen LogP contribution >= 0.6 is 0 Å². The number of carboxylic acids is 1. The van der Waals surface area contributed by atoms with Gasteiger partial charge in [-0.3, -0.25) is 4.79 Å². The van der Waals surface area contributed by atoms with Crippen molar-refractivity contribution in [2.75, 3.05) is 26.2 Å². The maximum atomic E-state index is 11.9. The molecule has 27 heavy (non-hydrogen) atoms. The van der Waals surface area contributed by atoms with Gasteiger partial charge in [-0.25, -0.2) is 9.93 Å². The normalized spacial score (nSPS) is 20.3. The highest BCUT2D eigenvalue weighted by atomic mass is 32.2. The fourth-order valence-corrected chi connectivity index (χ4v) is 3.44. The predicted octanol–water partition coefficient (Wildman–Crippen LogP) is 1.64. The molecule has 1 spiro atoms. The molecule has 0 radical (unpaired) electrons. The fraction of sp³-hybridized carbons (Fsp3) is 0.882. The highest BCUT2D eigenvalue weighted by Crippen LogP contribution is 2.41. The van der Waals surface area contributed by atoms with Gasteiger partial charge in [0.15, 0.2) is 0 Å². The van der Waals surface area contributed by atoms with Crippen LogP contribution < -0.4 is 5.14 Å². The number of carboxylic acid groups (broad SMARTS) is 1. The molecule has 2 rings (SSSR count). The van der Waals surface area contributed by atoms with Crippen molar-refractivity contribution in [2.24, 2.45) is 16.0 Å². The number of aliphatic carboxylic acids is 1. The number of hydrogen-bond acceptors (Lipinski definition) is 5. The van der Waals surface area contributed by atoms with Crippen molar-refractivity contribution >= 4 is 22.3 Å². The summed E-state index contributed by atoms with van der Waals surface area (Å²) in [5, 5.41) is 13.4. The van der Waals surface area contributed by atoms with Crippen LogP contribution in [0, 0.1) is 10.8 Å². The van der Waals surface area contributed by atoms with E-state index in [1.54, 1.807) is 25.7 Å². The lowest BCUT2D eigenvalue weighted by atomic mass is 9.72. The second-order valence-corrected chi connectivity index (χ2v) is 10.9. The molecule has 3 N–H and O–H groups in total. The van der Waals surface area contributed by atoms with E-state index >= 15 is 0 Å². The highest BCUT2D eigenvalue weighted by Gasteiger charge is 2.48. The van der Waals surface area contributed by atoms with Crippen LogP contribution in [0.5, 0.6) is 0 Å². The molecule has 9 nitrogen and oxygen atoms in total. The van der Waals surface area contributed by atoms with Gasteiger partial charge in [0.2, 0.25) is 0 Å². The number of nitrogens with two attached hydrogens (primary N) is 1. The molecule has 0 unspecified atom stereocenters. The van der Waals surface area contributed by atoms with Crippen LogP contribution in [-0.2, 0) is 19.7 Å². The van der Waals surface area contributed by atoms with E-state index in [1.165, 1.54) is 4.31 Å². The molecule has 0 bridgehead atoms. The highest BCUT2D eigenvalue weighted by molar-refractivity contribution is 7.86. The lowest BCUT2D eigenvalue weighted by Crippen LogP contribution is -2.63. The molecule has 0 saturated carbocycles. The zero-order chi connectivity index (χ0) is 21.3. The van der Waals surface area contributed by atoms with E-state index in [0.29, 0.717) is 26.2 Å². The zero-order valence-electron chi connectivity index (χ0n) is 17.1. The molecule has 0 aliphatic carbocycles. The number of amides is 1. The molecular weight excluding hydrogens is 374 g/mol. The first-order valence-corrected chi connectivity index (χ1v) is 10.4. The molecule has 2 heterocycles. The molecular formula is C17H33N3O6S. The summed E-state index contributed by atoms with van der Waals surface area (Å²) in [7, 11) is -3.59. The molecule has 2 saturated heterocycles. The first-order valence-electron chi connectivity index (χ1n) is 8.94. The zero-order valence-corrected chi connectivity index (χ0v) is 17.9. The maximum Gasteiger partial charge on any atom is 0.410 e. The lowest BCUT2D eigenvalue weighted by molar-refractivity contribution is -0.145. The van der Waals surface area contributed by atoms with E-state index in [2.05, 4.69) is 0 Å². The summed E-state index contributed by atoms with van der Waals surface area (Å²) >= 11 is 0. The van der Waals surface area contributed by atoms with Crippen LogP contribution in [0.4, 0.5) is 4.79 Å². The third-order valence-electron chi connectivity index (χ3n) is 4.49. The van der Waals surface area contributed by atoms with Crippen molar-refractivity contribution in [2.45, 2.75) is 60.0 Å². The Balaban J connectivity index is 0.000000445. The number of ether oxygens (including phenoxy) is 1. The van der Waals surface area contributed by atoms with Crippen molar-refractivity contribution in [3.8, 4) is 0 Å². The van der Waals surface area contributed by atoms with E-state index in [0.717, 1.165) is 12.8 Å². The van der Waals surface area contributed by atoms with Gasteiger partial charge in [-0.05, 0) is 54.4 Å². The Bertz CT molecular complexity index is 647. The minimum atomic E-state index is -3.59. The largest absolute Gasteiger partial charge is 0.481 e. The van der Waals surface area contributed by atoms with Gasteiger partial charge in [-0.1, -0.05) is 0 Å². The topological polar surface area (TPSA) is 130 Å². The van der Waals surface area contributed by atoms with Crippen molar-refractivity contribution in [1.82, 2.24) is 9.21 Å². The van der Waals surface area contributed by atoms with E-state index in [1.807, 2.05) is 20.8 Å². The van der Waals surface area contributed by atoms with E-state index in [-0.39, 0.29) is 11.5 Å². The molecule has 0 aromatic rings. The van der Waals surface area contributed by atoms with Gasteiger partial charge in [-0.2, -0.15) is 12.7 Å². The van der Waals surface area contributed by atoms with Gasteiger partial charge < -0.3 is 14.7 Å². The first kappa shape index (κ1) is 23.6. The molecule has 0 aromatic carbocycles. The average molecular weight is 408 g/mol. The summed E-state index contributed by atoms with van der Waals surface area (Å²) in [6.45, 7) is 12.6. The molecule has 2 fully saturated rings. The van der Waals surface area contributed by atoms with Gasteiger partial charge in [-0.15, -0.1) is 0 Å². The van der Waals surface area contributed by atoms with Gasteiger partial charge in [0, 0.05) is 31.6 Å². The Morgan fingerprint density at radius 1 is 1.04 bits per heavy atom. The van der Waals surface area contributed by atoms with Crippen LogP contribution in [0.15, 0.2) is 0 Å². The van der Waals surface area contributed by atoms with Crippen molar-refractivity contribution in [1.29, 1.82) is 0 Å². The van der Waals surface area contributed by atoms with E-state index in [9.17, 15) is 18.0 Å². The summed E-state index contributed by atoms with van der Waals surface area (Å²) in [6.07, 6.45) is 1.18. The minimum absolute atomic E-state index is 0.0398. The Labute approximate surface area is 162 Å². The molecule has 2 aliphatic rings. The average Bonchev–Trinajstić information content (AvgIpc) is 2.41. The Hall–Kier alpha value is -1.39. The molecule has 1 amide bonds. The van der Waals surface area contributed by atoms with Gasteiger partial charge in [0.1, 0.15) is 5.60 Å². The second kappa shape index (κ2) is 7.92. The summed E-state index contributed by atoms with van der Waals surface area (Å²) in [5.74, 6) is -0.757. The van der Waals surface area contributed by atoms with Gasteiger partial charge in [0.05, 0.1) is 5.41 Å². The minimum Gasteiger partial charge on any atom is -0.481 e. The summed E-state index contributed by atoms with van der Waals surface area (Å²) < 4.78 is 29.1. The number of rotatable bonds is 1.